The van der Waals surface area contributed by atoms with Gasteiger partial charge in [-0.25, -0.2) is 0 Å². The van der Waals surface area contributed by atoms with Crippen LogP contribution in [0.4, 0.5) is 5.69 Å². The monoisotopic (exact) mass is 386 g/mol. The summed E-state index contributed by atoms with van der Waals surface area (Å²) in [5.41, 5.74) is 3.81. The molecule has 0 spiro atoms. The van der Waals surface area contributed by atoms with Gasteiger partial charge in [-0.05, 0) is 41.7 Å². The Bertz CT molecular complexity index is 907. The SMILES string of the molecule is CN(C)C(=O)c1cccc2c1N[C@@H](c1ccc(Cl)cc1Cl)[C@@H]1CC=C[C@H]21. The number of amides is 1. The molecule has 3 atom stereocenters. The lowest BCUT2D eigenvalue weighted by molar-refractivity contribution is 0.0828. The van der Waals surface area contributed by atoms with Crippen LogP contribution in [0.2, 0.25) is 10.0 Å². The number of carbonyl (C=O) groups is 1. The van der Waals surface area contributed by atoms with Gasteiger partial charge in [0.05, 0.1) is 17.3 Å². The van der Waals surface area contributed by atoms with Crippen LogP contribution in [0.1, 0.15) is 39.9 Å². The van der Waals surface area contributed by atoms with E-state index >= 15 is 0 Å². The van der Waals surface area contributed by atoms with Gasteiger partial charge in [-0.1, -0.05) is 53.6 Å². The molecule has 3 nitrogen and oxygen atoms in total. The quantitative estimate of drug-likeness (QED) is 0.688. The Balaban J connectivity index is 1.84. The molecule has 0 bridgehead atoms. The average molecular weight is 387 g/mol. The fourth-order valence-corrected chi connectivity index (χ4v) is 4.63. The summed E-state index contributed by atoms with van der Waals surface area (Å²) in [7, 11) is 3.55. The van der Waals surface area contributed by atoms with E-state index in [0.29, 0.717) is 21.5 Å². The summed E-state index contributed by atoms with van der Waals surface area (Å²) >= 11 is 12.6. The lowest BCUT2D eigenvalue weighted by Gasteiger charge is -2.38. The molecule has 2 aliphatic rings. The van der Waals surface area contributed by atoms with Crippen LogP contribution in [0.15, 0.2) is 48.6 Å². The molecule has 2 aromatic rings. The molecule has 1 heterocycles. The summed E-state index contributed by atoms with van der Waals surface area (Å²) in [4.78, 5) is 14.3. The summed E-state index contributed by atoms with van der Waals surface area (Å²) in [5, 5.41) is 4.91. The van der Waals surface area contributed by atoms with E-state index in [2.05, 4.69) is 23.5 Å². The third-order valence-electron chi connectivity index (χ3n) is 5.33. The van der Waals surface area contributed by atoms with Crippen molar-refractivity contribution in [1.82, 2.24) is 4.90 Å². The Morgan fingerprint density at radius 3 is 2.69 bits per heavy atom. The van der Waals surface area contributed by atoms with Crippen molar-refractivity contribution < 1.29 is 4.79 Å². The summed E-state index contributed by atoms with van der Waals surface area (Å²) in [6.07, 6.45) is 5.46. The minimum atomic E-state index is -0.00395. The highest BCUT2D eigenvalue weighted by Gasteiger charge is 2.40. The number of para-hydroxylation sites is 1. The van der Waals surface area contributed by atoms with E-state index in [-0.39, 0.29) is 17.9 Å². The highest BCUT2D eigenvalue weighted by Crippen LogP contribution is 2.51. The smallest absolute Gasteiger partial charge is 0.255 e. The van der Waals surface area contributed by atoms with Crippen molar-refractivity contribution in [3.05, 3.63) is 75.3 Å². The number of nitrogens with one attached hydrogen (secondary N) is 1. The molecule has 5 heteroatoms. The highest BCUT2D eigenvalue weighted by molar-refractivity contribution is 6.35. The minimum Gasteiger partial charge on any atom is -0.377 e. The molecule has 134 valence electrons. The first-order chi connectivity index (χ1) is 12.5. The Kier molecular flexibility index (Phi) is 4.45. The van der Waals surface area contributed by atoms with Crippen LogP contribution >= 0.6 is 23.2 Å². The molecule has 0 saturated carbocycles. The normalized spacial score (nSPS) is 23.2. The molecule has 0 unspecified atom stereocenters. The second-order valence-corrected chi connectivity index (χ2v) is 7.95. The molecule has 0 saturated heterocycles. The van der Waals surface area contributed by atoms with Crippen LogP contribution < -0.4 is 5.32 Å². The topological polar surface area (TPSA) is 32.3 Å². The van der Waals surface area contributed by atoms with Gasteiger partial charge in [0.1, 0.15) is 0 Å². The van der Waals surface area contributed by atoms with Crippen molar-refractivity contribution in [2.45, 2.75) is 18.4 Å². The van der Waals surface area contributed by atoms with Gasteiger partial charge in [-0.3, -0.25) is 4.79 Å². The minimum absolute atomic E-state index is 0.00395. The number of hydrogen-bond acceptors (Lipinski definition) is 2. The number of hydrogen-bond donors (Lipinski definition) is 1. The summed E-state index contributed by atoms with van der Waals surface area (Å²) in [6.45, 7) is 0. The Morgan fingerprint density at radius 1 is 1.15 bits per heavy atom. The van der Waals surface area contributed by atoms with Crippen molar-refractivity contribution in [3.8, 4) is 0 Å². The number of nitrogens with zero attached hydrogens (tertiary/aromatic N) is 1. The maximum Gasteiger partial charge on any atom is 0.255 e. The maximum absolute atomic E-state index is 12.7. The number of anilines is 1. The molecule has 1 N–H and O–H groups in total. The Labute approximate surface area is 163 Å². The summed E-state index contributed by atoms with van der Waals surface area (Å²) < 4.78 is 0. The van der Waals surface area contributed by atoms with Crippen LogP contribution in [0.25, 0.3) is 0 Å². The predicted octanol–water partition coefficient (Wildman–Crippen LogP) is 5.52. The second-order valence-electron chi connectivity index (χ2n) is 7.11. The van der Waals surface area contributed by atoms with Gasteiger partial charge in [0.2, 0.25) is 0 Å². The number of allylic oxidation sites excluding steroid dienone is 2. The average Bonchev–Trinajstić information content (AvgIpc) is 3.10. The second kappa shape index (κ2) is 6.64. The van der Waals surface area contributed by atoms with Crippen LogP contribution in [0, 0.1) is 5.92 Å². The molecule has 0 radical (unpaired) electrons. The number of benzene rings is 2. The van der Waals surface area contributed by atoms with E-state index in [1.165, 1.54) is 5.56 Å². The first-order valence-corrected chi connectivity index (χ1v) is 9.45. The molecule has 4 rings (SSSR count). The fraction of sp³-hybridized carbons (Fsp3) is 0.286. The zero-order chi connectivity index (χ0) is 18.4. The van der Waals surface area contributed by atoms with Crippen molar-refractivity contribution in [1.29, 1.82) is 0 Å². The number of carbonyl (C=O) groups excluding carboxylic acids is 1. The van der Waals surface area contributed by atoms with Crippen LogP contribution in [-0.2, 0) is 0 Å². The van der Waals surface area contributed by atoms with Gasteiger partial charge in [0.15, 0.2) is 0 Å². The Morgan fingerprint density at radius 2 is 1.96 bits per heavy atom. The molecule has 26 heavy (non-hydrogen) atoms. The van der Waals surface area contributed by atoms with Crippen molar-refractivity contribution in [3.63, 3.8) is 0 Å². The predicted molar refractivity (Wildman–Crippen MR) is 107 cm³/mol. The van der Waals surface area contributed by atoms with Crippen molar-refractivity contribution in [2.75, 3.05) is 19.4 Å². The molecule has 0 aromatic heterocycles. The molecule has 2 aromatic carbocycles. The van der Waals surface area contributed by atoms with E-state index in [0.717, 1.165) is 17.7 Å². The van der Waals surface area contributed by atoms with E-state index in [4.69, 9.17) is 23.2 Å². The first kappa shape index (κ1) is 17.4. The number of fused-ring (bicyclic) bond motifs is 3. The van der Waals surface area contributed by atoms with Gasteiger partial charge >= 0.3 is 0 Å². The van der Waals surface area contributed by atoms with Gasteiger partial charge in [-0.2, -0.15) is 0 Å². The van der Waals surface area contributed by atoms with Gasteiger partial charge < -0.3 is 10.2 Å². The molecule has 1 amide bonds. The van der Waals surface area contributed by atoms with Crippen molar-refractivity contribution >= 4 is 34.8 Å². The molecular weight excluding hydrogens is 367 g/mol. The largest absolute Gasteiger partial charge is 0.377 e. The van der Waals surface area contributed by atoms with Gasteiger partial charge in [0.25, 0.3) is 5.91 Å². The van der Waals surface area contributed by atoms with Crippen LogP contribution in [0.5, 0.6) is 0 Å². The Hall–Kier alpha value is -1.97. The summed E-state index contributed by atoms with van der Waals surface area (Å²) in [6, 6.07) is 11.6. The van der Waals surface area contributed by atoms with Crippen LogP contribution in [-0.4, -0.2) is 24.9 Å². The van der Waals surface area contributed by atoms with Gasteiger partial charge in [0, 0.05) is 30.1 Å². The van der Waals surface area contributed by atoms with E-state index in [9.17, 15) is 4.79 Å². The zero-order valence-electron chi connectivity index (χ0n) is 14.7. The third kappa shape index (κ3) is 2.80. The molecular formula is C21H20Cl2N2O. The number of rotatable bonds is 2. The highest BCUT2D eigenvalue weighted by atomic mass is 35.5. The zero-order valence-corrected chi connectivity index (χ0v) is 16.2. The lowest BCUT2D eigenvalue weighted by atomic mass is 9.76. The van der Waals surface area contributed by atoms with Crippen molar-refractivity contribution in [2.24, 2.45) is 5.92 Å². The molecule has 1 aliphatic carbocycles. The molecule has 0 fully saturated rings. The van der Waals surface area contributed by atoms with Crippen LogP contribution in [0.3, 0.4) is 0 Å². The summed E-state index contributed by atoms with van der Waals surface area (Å²) in [5.74, 6) is 0.638. The fourth-order valence-electron chi connectivity index (χ4n) is 4.10. The number of halogens is 2. The maximum atomic E-state index is 12.7. The molecule has 1 aliphatic heterocycles. The van der Waals surface area contributed by atoms with E-state index in [1.807, 2.05) is 24.3 Å². The first-order valence-electron chi connectivity index (χ1n) is 8.70. The van der Waals surface area contributed by atoms with E-state index < -0.39 is 0 Å². The third-order valence-corrected chi connectivity index (χ3v) is 5.89. The standard InChI is InChI=1S/C21H20Cl2N2O/c1-25(2)21(26)17-8-4-7-15-13-5-3-6-14(13)19(24-20(15)17)16-10-9-12(22)11-18(16)23/h3-5,7-11,13-14,19,24H,6H2,1-2H3/t13-,14+,19+/m0/s1. The lowest BCUT2D eigenvalue weighted by Crippen LogP contribution is -2.32. The van der Waals surface area contributed by atoms with Gasteiger partial charge in [-0.15, -0.1) is 0 Å². The van der Waals surface area contributed by atoms with E-state index in [1.54, 1.807) is 25.1 Å².